The summed E-state index contributed by atoms with van der Waals surface area (Å²) in [4.78, 5) is 12.2. The van der Waals surface area contributed by atoms with Gasteiger partial charge in [0.15, 0.2) is 0 Å². The summed E-state index contributed by atoms with van der Waals surface area (Å²) in [5.41, 5.74) is 0. The van der Waals surface area contributed by atoms with Gasteiger partial charge in [-0.1, -0.05) is 0 Å². The highest BCUT2D eigenvalue weighted by molar-refractivity contribution is 5.51. The van der Waals surface area contributed by atoms with Crippen molar-refractivity contribution in [3.63, 3.8) is 0 Å². The summed E-state index contributed by atoms with van der Waals surface area (Å²) >= 11 is 0. The first-order chi connectivity index (χ1) is 4.42. The van der Waals surface area contributed by atoms with Gasteiger partial charge in [-0.2, -0.15) is 0 Å². The molecule has 3 rings (SSSR count). The fourth-order valence-corrected chi connectivity index (χ4v) is 1.68. The van der Waals surface area contributed by atoms with E-state index in [-0.39, 0.29) is 0 Å². The van der Waals surface area contributed by atoms with Crippen LogP contribution in [0.2, 0.25) is 0 Å². The number of carbonyl (C=O) groups is 1. The largest absolute Gasteiger partial charge is 0.337 e. The van der Waals surface area contributed by atoms with Crippen LogP contribution in [0.3, 0.4) is 0 Å². The second-order valence-electron chi connectivity index (χ2n) is 2.75. The monoisotopic (exact) mass is 126 g/mol. The molecule has 3 fully saturated rings. The predicted molar refractivity (Wildman–Crippen MR) is 33.0 cm³/mol. The first kappa shape index (κ1) is 5.23. The van der Waals surface area contributed by atoms with Gasteiger partial charge in [0.25, 0.3) is 0 Å². The summed E-state index contributed by atoms with van der Waals surface area (Å²) in [5, 5.41) is 3.25. The van der Waals surface area contributed by atoms with E-state index in [2.05, 4.69) is 5.32 Å². The molecule has 0 aliphatic carbocycles. The van der Waals surface area contributed by atoms with Gasteiger partial charge in [-0.15, -0.1) is 0 Å². The second kappa shape index (κ2) is 1.70. The quantitative estimate of drug-likeness (QED) is 0.466. The molecular formula is C6H10N2O. The molecule has 3 saturated heterocycles. The van der Waals surface area contributed by atoms with E-state index < -0.39 is 0 Å². The standard InChI is InChI=1S/C6H10N2O/c9-4-8-5-1-6(8)3-7-2-5/h4-7H,1-3H2/t5-,6+. The smallest absolute Gasteiger partial charge is 0.210 e. The highest BCUT2D eigenvalue weighted by atomic mass is 16.1. The molecule has 3 aliphatic rings. The third kappa shape index (κ3) is 0.580. The normalized spacial score (nSPS) is 39.8. The second-order valence-corrected chi connectivity index (χ2v) is 2.75. The van der Waals surface area contributed by atoms with Crippen molar-refractivity contribution in [2.45, 2.75) is 18.5 Å². The molecule has 3 aliphatic heterocycles. The molecule has 50 valence electrons. The number of hydrogen-bond donors (Lipinski definition) is 1. The molecule has 3 heterocycles. The molecule has 0 radical (unpaired) electrons. The zero-order chi connectivity index (χ0) is 6.27. The third-order valence-electron chi connectivity index (χ3n) is 2.27. The minimum absolute atomic E-state index is 0.515. The molecule has 9 heavy (non-hydrogen) atoms. The van der Waals surface area contributed by atoms with Crippen LogP contribution in [0.25, 0.3) is 0 Å². The Labute approximate surface area is 54.0 Å². The predicted octanol–water partition coefficient (Wildman–Crippen LogP) is -0.811. The number of carbonyl (C=O) groups excluding carboxylic acids is 1. The Morgan fingerprint density at radius 3 is 2.44 bits per heavy atom. The zero-order valence-corrected chi connectivity index (χ0v) is 5.21. The number of hydrogen-bond acceptors (Lipinski definition) is 2. The van der Waals surface area contributed by atoms with Crippen LogP contribution < -0.4 is 5.32 Å². The van der Waals surface area contributed by atoms with Crippen LogP contribution in [-0.2, 0) is 4.79 Å². The Morgan fingerprint density at radius 1 is 1.44 bits per heavy atom. The van der Waals surface area contributed by atoms with Crippen LogP contribution >= 0.6 is 0 Å². The van der Waals surface area contributed by atoms with Crippen LogP contribution in [0, 0.1) is 0 Å². The fourth-order valence-electron chi connectivity index (χ4n) is 1.68. The topological polar surface area (TPSA) is 32.3 Å². The number of amides is 1. The number of rotatable bonds is 1. The summed E-state index contributed by atoms with van der Waals surface area (Å²) in [5.74, 6) is 0. The average molecular weight is 126 g/mol. The first-order valence-corrected chi connectivity index (χ1v) is 3.35. The lowest BCUT2D eigenvalue weighted by Gasteiger charge is -2.50. The lowest BCUT2D eigenvalue weighted by molar-refractivity contribution is -0.132. The van der Waals surface area contributed by atoms with E-state index >= 15 is 0 Å². The molecule has 2 atom stereocenters. The summed E-state index contributed by atoms with van der Waals surface area (Å²) in [6.45, 7) is 1.99. The number of piperazine rings is 1. The third-order valence-corrected chi connectivity index (χ3v) is 2.27. The summed E-state index contributed by atoms with van der Waals surface area (Å²) in [7, 11) is 0. The number of nitrogens with zero attached hydrogens (tertiary/aromatic N) is 1. The molecule has 0 saturated carbocycles. The van der Waals surface area contributed by atoms with Gasteiger partial charge in [0.05, 0.1) is 0 Å². The molecule has 1 N–H and O–H groups in total. The van der Waals surface area contributed by atoms with Gasteiger partial charge < -0.3 is 10.2 Å². The van der Waals surface area contributed by atoms with Crippen molar-refractivity contribution in [3.05, 3.63) is 0 Å². The van der Waals surface area contributed by atoms with E-state index in [1.807, 2.05) is 4.90 Å². The van der Waals surface area contributed by atoms with Crippen molar-refractivity contribution in [3.8, 4) is 0 Å². The Kier molecular flexibility index (Phi) is 0.990. The van der Waals surface area contributed by atoms with Gasteiger partial charge in [-0.3, -0.25) is 4.79 Å². The molecule has 0 aromatic carbocycles. The fraction of sp³-hybridized carbons (Fsp3) is 0.833. The van der Waals surface area contributed by atoms with Crippen molar-refractivity contribution in [2.24, 2.45) is 0 Å². The van der Waals surface area contributed by atoms with Gasteiger partial charge in [0.1, 0.15) is 0 Å². The molecule has 1 amide bonds. The Morgan fingerprint density at radius 2 is 2.11 bits per heavy atom. The Hall–Kier alpha value is -0.570. The van der Waals surface area contributed by atoms with Crippen molar-refractivity contribution >= 4 is 6.41 Å². The van der Waals surface area contributed by atoms with E-state index in [1.54, 1.807) is 0 Å². The van der Waals surface area contributed by atoms with E-state index in [4.69, 9.17) is 0 Å². The molecule has 0 spiro atoms. The van der Waals surface area contributed by atoms with E-state index in [1.165, 1.54) is 6.42 Å². The van der Waals surface area contributed by atoms with Crippen molar-refractivity contribution in [1.82, 2.24) is 10.2 Å². The molecule has 0 unspecified atom stereocenters. The molecule has 2 bridgehead atoms. The molecular weight excluding hydrogens is 116 g/mol. The molecule has 3 heteroatoms. The zero-order valence-electron chi connectivity index (χ0n) is 5.21. The van der Waals surface area contributed by atoms with Crippen molar-refractivity contribution in [1.29, 1.82) is 0 Å². The minimum Gasteiger partial charge on any atom is -0.337 e. The lowest BCUT2D eigenvalue weighted by atomic mass is 9.90. The minimum atomic E-state index is 0.515. The van der Waals surface area contributed by atoms with E-state index in [0.717, 1.165) is 19.5 Å². The molecule has 0 aromatic heterocycles. The summed E-state index contributed by atoms with van der Waals surface area (Å²) in [6.07, 6.45) is 2.19. The Bertz CT molecular complexity index is 123. The van der Waals surface area contributed by atoms with Crippen molar-refractivity contribution in [2.75, 3.05) is 13.1 Å². The summed E-state index contributed by atoms with van der Waals surface area (Å²) in [6, 6.07) is 1.03. The van der Waals surface area contributed by atoms with Crippen LogP contribution in [0.15, 0.2) is 0 Å². The number of nitrogens with one attached hydrogen (secondary N) is 1. The van der Waals surface area contributed by atoms with E-state index in [9.17, 15) is 4.79 Å². The van der Waals surface area contributed by atoms with E-state index in [0.29, 0.717) is 12.1 Å². The first-order valence-electron chi connectivity index (χ1n) is 3.35. The molecule has 3 nitrogen and oxygen atoms in total. The van der Waals surface area contributed by atoms with Gasteiger partial charge in [0, 0.05) is 25.2 Å². The maximum atomic E-state index is 10.3. The Balaban J connectivity index is 2.04. The highest BCUT2D eigenvalue weighted by Crippen LogP contribution is 2.25. The SMILES string of the molecule is O=CN1[C@@H]2CNC[C@H]1C2. The average Bonchev–Trinajstić information content (AvgIpc) is 1.90. The lowest BCUT2D eigenvalue weighted by Crippen LogP contribution is -2.67. The van der Waals surface area contributed by atoms with Crippen LogP contribution in [-0.4, -0.2) is 36.5 Å². The number of piperidine rings is 1. The maximum absolute atomic E-state index is 10.3. The number of fused-ring (bicyclic) bond motifs is 2. The summed E-state index contributed by atoms with van der Waals surface area (Å²) < 4.78 is 0. The van der Waals surface area contributed by atoms with Gasteiger partial charge in [0.2, 0.25) is 6.41 Å². The van der Waals surface area contributed by atoms with Gasteiger partial charge in [-0.05, 0) is 6.42 Å². The van der Waals surface area contributed by atoms with Crippen LogP contribution in [0.4, 0.5) is 0 Å². The van der Waals surface area contributed by atoms with Gasteiger partial charge in [-0.25, -0.2) is 0 Å². The van der Waals surface area contributed by atoms with Crippen LogP contribution in [0.5, 0.6) is 0 Å². The van der Waals surface area contributed by atoms with Gasteiger partial charge >= 0.3 is 0 Å². The highest BCUT2D eigenvalue weighted by Gasteiger charge is 2.39. The molecule has 0 aromatic rings. The van der Waals surface area contributed by atoms with Crippen molar-refractivity contribution < 1.29 is 4.79 Å². The van der Waals surface area contributed by atoms with Crippen LogP contribution in [0.1, 0.15) is 6.42 Å². The maximum Gasteiger partial charge on any atom is 0.210 e.